The predicted octanol–water partition coefficient (Wildman–Crippen LogP) is 2.99. The summed E-state index contributed by atoms with van der Waals surface area (Å²) in [7, 11) is 0. The second kappa shape index (κ2) is 7.35. The number of hydrogen-bond acceptors (Lipinski definition) is 2. The van der Waals surface area contributed by atoms with Crippen molar-refractivity contribution in [3.8, 4) is 0 Å². The molecule has 1 aromatic rings. The van der Waals surface area contributed by atoms with Crippen LogP contribution < -0.4 is 0 Å². The van der Waals surface area contributed by atoms with Crippen LogP contribution in [0.2, 0.25) is 5.02 Å². The topological polar surface area (TPSA) is 40.6 Å². The molecule has 0 bridgehead atoms. The van der Waals surface area contributed by atoms with Gasteiger partial charge in [0.1, 0.15) is 0 Å². The van der Waals surface area contributed by atoms with Crippen LogP contribution in [0.3, 0.4) is 0 Å². The van der Waals surface area contributed by atoms with Gasteiger partial charge in [-0.15, -0.1) is 0 Å². The Bertz CT molecular complexity index is 555. The van der Waals surface area contributed by atoms with Crippen LogP contribution in [0.1, 0.15) is 32.8 Å². The quantitative estimate of drug-likeness (QED) is 0.851. The summed E-state index contributed by atoms with van der Waals surface area (Å²) in [6, 6.07) is 7.35. The third-order valence-electron chi connectivity index (χ3n) is 3.94. The van der Waals surface area contributed by atoms with Crippen LogP contribution in [0.4, 0.5) is 0 Å². The molecular weight excluding hydrogens is 312 g/mol. The van der Waals surface area contributed by atoms with E-state index in [-0.39, 0.29) is 17.2 Å². The fourth-order valence-corrected chi connectivity index (χ4v) is 2.79. The summed E-state index contributed by atoms with van der Waals surface area (Å²) in [6.07, 6.45) is 0.929. The molecule has 23 heavy (non-hydrogen) atoms. The van der Waals surface area contributed by atoms with Gasteiger partial charge in [-0.1, -0.05) is 44.5 Å². The molecule has 1 aliphatic rings. The van der Waals surface area contributed by atoms with Crippen LogP contribution in [-0.2, 0) is 16.0 Å². The summed E-state index contributed by atoms with van der Waals surface area (Å²) in [4.78, 5) is 28.3. The number of amides is 2. The molecule has 0 saturated carbocycles. The minimum atomic E-state index is -0.00137. The molecule has 0 aliphatic carbocycles. The molecule has 0 aromatic heterocycles. The Morgan fingerprint density at radius 3 is 1.91 bits per heavy atom. The third-order valence-corrected chi connectivity index (χ3v) is 4.19. The number of piperazine rings is 1. The molecule has 1 aliphatic heterocycles. The van der Waals surface area contributed by atoms with Crippen molar-refractivity contribution in [1.29, 1.82) is 0 Å². The highest BCUT2D eigenvalue weighted by molar-refractivity contribution is 6.30. The third kappa shape index (κ3) is 5.54. The van der Waals surface area contributed by atoms with Crippen LogP contribution >= 0.6 is 11.6 Å². The van der Waals surface area contributed by atoms with Crippen molar-refractivity contribution < 1.29 is 9.59 Å². The molecule has 1 saturated heterocycles. The molecule has 2 rings (SSSR count). The van der Waals surface area contributed by atoms with Gasteiger partial charge in [0.2, 0.25) is 11.8 Å². The van der Waals surface area contributed by atoms with Gasteiger partial charge in [-0.3, -0.25) is 9.59 Å². The van der Waals surface area contributed by atoms with E-state index in [9.17, 15) is 9.59 Å². The van der Waals surface area contributed by atoms with Gasteiger partial charge in [0.15, 0.2) is 0 Å². The summed E-state index contributed by atoms with van der Waals surface area (Å²) >= 11 is 5.86. The van der Waals surface area contributed by atoms with Crippen LogP contribution in [-0.4, -0.2) is 47.8 Å². The average molecular weight is 337 g/mol. The van der Waals surface area contributed by atoms with Gasteiger partial charge in [0.25, 0.3) is 0 Å². The highest BCUT2D eigenvalue weighted by atomic mass is 35.5. The number of benzene rings is 1. The summed E-state index contributed by atoms with van der Waals surface area (Å²) in [5.41, 5.74) is 0.962. The molecular formula is C18H25ClN2O2. The Labute approximate surface area is 143 Å². The molecule has 0 N–H and O–H groups in total. The number of nitrogens with zero attached hydrogens (tertiary/aromatic N) is 2. The Morgan fingerprint density at radius 1 is 0.957 bits per heavy atom. The first kappa shape index (κ1) is 17.8. The number of rotatable bonds is 3. The van der Waals surface area contributed by atoms with E-state index in [1.807, 2.05) is 21.9 Å². The lowest BCUT2D eigenvalue weighted by molar-refractivity contribution is -0.140. The molecule has 126 valence electrons. The van der Waals surface area contributed by atoms with Gasteiger partial charge in [-0.05, 0) is 23.1 Å². The minimum Gasteiger partial charge on any atom is -0.339 e. The second-order valence-corrected chi connectivity index (χ2v) is 7.74. The first-order chi connectivity index (χ1) is 10.7. The van der Waals surface area contributed by atoms with Crippen molar-refractivity contribution in [2.24, 2.45) is 5.41 Å². The van der Waals surface area contributed by atoms with Crippen molar-refractivity contribution in [1.82, 2.24) is 9.80 Å². The van der Waals surface area contributed by atoms with E-state index in [4.69, 9.17) is 11.6 Å². The van der Waals surface area contributed by atoms with E-state index in [1.54, 1.807) is 12.1 Å². The molecule has 1 heterocycles. The van der Waals surface area contributed by atoms with Gasteiger partial charge in [-0.25, -0.2) is 0 Å². The van der Waals surface area contributed by atoms with Crippen LogP contribution in [0, 0.1) is 5.41 Å². The van der Waals surface area contributed by atoms with Crippen molar-refractivity contribution >= 4 is 23.4 Å². The molecule has 0 atom stereocenters. The largest absolute Gasteiger partial charge is 0.339 e. The van der Waals surface area contributed by atoms with Gasteiger partial charge in [0.05, 0.1) is 6.42 Å². The zero-order valence-corrected chi connectivity index (χ0v) is 14.9. The fraction of sp³-hybridized carbons (Fsp3) is 0.556. The lowest BCUT2D eigenvalue weighted by Gasteiger charge is -2.36. The Hall–Kier alpha value is -1.55. The van der Waals surface area contributed by atoms with E-state index >= 15 is 0 Å². The maximum atomic E-state index is 12.3. The molecule has 1 aromatic carbocycles. The standard InChI is InChI=1S/C18H25ClN2O2/c1-18(2,3)13-17(23)21-10-8-20(9-11-21)16(22)12-14-4-6-15(19)7-5-14/h4-7H,8-13H2,1-3H3. The van der Waals surface area contributed by atoms with Crippen LogP contribution in [0.5, 0.6) is 0 Å². The Balaban J connectivity index is 1.83. The summed E-state index contributed by atoms with van der Waals surface area (Å²) < 4.78 is 0. The molecule has 5 heteroatoms. The smallest absolute Gasteiger partial charge is 0.227 e. The summed E-state index contributed by atoms with van der Waals surface area (Å²) in [6.45, 7) is 8.68. The summed E-state index contributed by atoms with van der Waals surface area (Å²) in [5.74, 6) is 0.289. The number of halogens is 1. The summed E-state index contributed by atoms with van der Waals surface area (Å²) in [5, 5.41) is 0.673. The Morgan fingerprint density at radius 2 is 1.43 bits per heavy atom. The first-order valence-electron chi connectivity index (χ1n) is 8.04. The van der Waals surface area contributed by atoms with Crippen molar-refractivity contribution in [3.63, 3.8) is 0 Å². The van der Waals surface area contributed by atoms with E-state index in [2.05, 4.69) is 20.8 Å². The van der Waals surface area contributed by atoms with Gasteiger partial charge in [0, 0.05) is 37.6 Å². The first-order valence-corrected chi connectivity index (χ1v) is 8.42. The molecule has 1 fully saturated rings. The van der Waals surface area contributed by atoms with Gasteiger partial charge < -0.3 is 9.80 Å². The monoisotopic (exact) mass is 336 g/mol. The Kier molecular flexibility index (Phi) is 5.69. The van der Waals surface area contributed by atoms with E-state index < -0.39 is 0 Å². The van der Waals surface area contributed by atoms with Gasteiger partial charge >= 0.3 is 0 Å². The maximum Gasteiger partial charge on any atom is 0.227 e. The predicted molar refractivity (Wildman–Crippen MR) is 92.4 cm³/mol. The molecule has 2 amide bonds. The van der Waals surface area contributed by atoms with Crippen molar-refractivity contribution in [3.05, 3.63) is 34.9 Å². The highest BCUT2D eigenvalue weighted by Crippen LogP contribution is 2.20. The minimum absolute atomic E-state index is 0.00137. The second-order valence-electron chi connectivity index (χ2n) is 7.30. The lowest BCUT2D eigenvalue weighted by atomic mass is 9.91. The highest BCUT2D eigenvalue weighted by Gasteiger charge is 2.26. The van der Waals surface area contributed by atoms with Crippen LogP contribution in [0.15, 0.2) is 24.3 Å². The molecule has 0 radical (unpaired) electrons. The fourth-order valence-electron chi connectivity index (χ4n) is 2.66. The lowest BCUT2D eigenvalue weighted by Crippen LogP contribution is -2.51. The van der Waals surface area contributed by atoms with E-state index in [0.29, 0.717) is 44.0 Å². The zero-order valence-electron chi connectivity index (χ0n) is 14.1. The van der Waals surface area contributed by atoms with Crippen molar-refractivity contribution in [2.45, 2.75) is 33.6 Å². The van der Waals surface area contributed by atoms with Crippen molar-refractivity contribution in [2.75, 3.05) is 26.2 Å². The molecule has 0 spiro atoms. The van der Waals surface area contributed by atoms with Crippen LogP contribution in [0.25, 0.3) is 0 Å². The van der Waals surface area contributed by atoms with E-state index in [1.165, 1.54) is 0 Å². The van der Waals surface area contributed by atoms with E-state index in [0.717, 1.165) is 5.56 Å². The normalized spacial score (nSPS) is 15.7. The number of carbonyl (C=O) groups excluding carboxylic acids is 2. The number of hydrogen-bond donors (Lipinski definition) is 0. The number of carbonyl (C=O) groups is 2. The SMILES string of the molecule is CC(C)(C)CC(=O)N1CCN(C(=O)Cc2ccc(Cl)cc2)CC1. The zero-order chi connectivity index (χ0) is 17.0. The average Bonchev–Trinajstić information content (AvgIpc) is 2.48. The molecule has 4 nitrogen and oxygen atoms in total. The van der Waals surface area contributed by atoms with Gasteiger partial charge in [-0.2, -0.15) is 0 Å². The maximum absolute atomic E-state index is 12.3. The molecule has 0 unspecified atom stereocenters.